The third-order valence-electron chi connectivity index (χ3n) is 3.20. The van der Waals surface area contributed by atoms with E-state index in [0.29, 0.717) is 35.4 Å². The lowest BCUT2D eigenvalue weighted by atomic mass is 10.2. The summed E-state index contributed by atoms with van der Waals surface area (Å²) in [7, 11) is 1.55. The van der Waals surface area contributed by atoms with E-state index < -0.39 is 0 Å². The molecule has 0 fully saturated rings. The molecular formula is C18H20ClNO4. The number of hydrogen-bond donors (Lipinski definition) is 1. The van der Waals surface area contributed by atoms with Crippen LogP contribution in [0.25, 0.3) is 6.08 Å². The van der Waals surface area contributed by atoms with E-state index in [-0.39, 0.29) is 5.91 Å². The number of methoxy groups -OCH3 is 1. The Labute approximate surface area is 146 Å². The first kappa shape index (κ1) is 17.9. The molecule has 2 rings (SSSR count). The topological polar surface area (TPSA) is 60.7 Å². The maximum atomic E-state index is 11.9. The molecular weight excluding hydrogens is 330 g/mol. The molecule has 0 radical (unpaired) electrons. The van der Waals surface area contributed by atoms with Gasteiger partial charge < -0.3 is 19.2 Å². The van der Waals surface area contributed by atoms with Crippen LogP contribution in [0.4, 0.5) is 0 Å². The van der Waals surface area contributed by atoms with E-state index in [9.17, 15) is 4.79 Å². The second-order valence-electron chi connectivity index (χ2n) is 5.04. The number of benzene rings is 1. The van der Waals surface area contributed by atoms with Crippen molar-refractivity contribution in [1.82, 2.24) is 5.32 Å². The zero-order valence-electron chi connectivity index (χ0n) is 13.9. The van der Waals surface area contributed by atoms with E-state index in [2.05, 4.69) is 5.32 Å². The Hall–Kier alpha value is -2.40. The first-order valence-corrected chi connectivity index (χ1v) is 7.92. The van der Waals surface area contributed by atoms with Gasteiger partial charge in [-0.15, -0.1) is 0 Å². The maximum absolute atomic E-state index is 11.9. The first-order chi connectivity index (χ1) is 11.5. The summed E-state index contributed by atoms with van der Waals surface area (Å²) in [4.78, 5) is 11.9. The normalized spacial score (nSPS) is 10.8. The van der Waals surface area contributed by atoms with Gasteiger partial charge in [-0.05, 0) is 49.8 Å². The molecule has 0 aliphatic heterocycles. The zero-order valence-corrected chi connectivity index (χ0v) is 14.6. The zero-order chi connectivity index (χ0) is 17.5. The quantitative estimate of drug-likeness (QED) is 0.768. The van der Waals surface area contributed by atoms with Gasteiger partial charge in [0.25, 0.3) is 0 Å². The average Bonchev–Trinajstić information content (AvgIpc) is 2.98. The lowest BCUT2D eigenvalue weighted by molar-refractivity contribution is -0.116. The molecule has 0 spiro atoms. The van der Waals surface area contributed by atoms with E-state index in [1.807, 2.05) is 19.9 Å². The van der Waals surface area contributed by atoms with Crippen LogP contribution in [0.3, 0.4) is 0 Å². The van der Waals surface area contributed by atoms with Crippen molar-refractivity contribution < 1.29 is 18.7 Å². The largest absolute Gasteiger partial charge is 0.493 e. The number of carbonyl (C=O) groups is 1. The van der Waals surface area contributed by atoms with Crippen LogP contribution in [-0.2, 0) is 11.3 Å². The number of furan rings is 1. The van der Waals surface area contributed by atoms with E-state index in [4.69, 9.17) is 25.5 Å². The monoisotopic (exact) mass is 349 g/mol. The molecule has 0 bridgehead atoms. The van der Waals surface area contributed by atoms with Crippen molar-refractivity contribution in [2.24, 2.45) is 0 Å². The molecule has 1 N–H and O–H groups in total. The van der Waals surface area contributed by atoms with E-state index in [1.165, 1.54) is 6.08 Å². The van der Waals surface area contributed by atoms with Gasteiger partial charge in [-0.1, -0.05) is 11.6 Å². The molecule has 0 atom stereocenters. The lowest BCUT2D eigenvalue weighted by Gasteiger charge is -2.13. The summed E-state index contributed by atoms with van der Waals surface area (Å²) in [5.41, 5.74) is 0.816. The van der Waals surface area contributed by atoms with Crippen LogP contribution in [0.2, 0.25) is 5.02 Å². The van der Waals surface area contributed by atoms with Crippen molar-refractivity contribution in [2.75, 3.05) is 13.7 Å². The molecule has 0 aliphatic carbocycles. The Kier molecular flexibility index (Phi) is 6.32. The summed E-state index contributed by atoms with van der Waals surface area (Å²) in [5.74, 6) is 2.24. The van der Waals surface area contributed by atoms with Crippen LogP contribution in [0.15, 0.2) is 34.8 Å². The summed E-state index contributed by atoms with van der Waals surface area (Å²) in [6.07, 6.45) is 3.04. The third-order valence-corrected chi connectivity index (χ3v) is 3.49. The Morgan fingerprint density at radius 2 is 2.17 bits per heavy atom. The number of carbonyl (C=O) groups excluding carboxylic acids is 1. The molecule has 0 saturated heterocycles. The van der Waals surface area contributed by atoms with Crippen LogP contribution < -0.4 is 14.8 Å². The van der Waals surface area contributed by atoms with Gasteiger partial charge in [0, 0.05) is 12.6 Å². The second-order valence-corrected chi connectivity index (χ2v) is 5.45. The Bertz CT molecular complexity index is 737. The van der Waals surface area contributed by atoms with Crippen molar-refractivity contribution in [3.8, 4) is 11.5 Å². The number of nitrogens with one attached hydrogen (secondary N) is 1. The number of hydrogen-bond acceptors (Lipinski definition) is 4. The summed E-state index contributed by atoms with van der Waals surface area (Å²) in [6.45, 7) is 4.53. The third kappa shape index (κ3) is 4.80. The van der Waals surface area contributed by atoms with Gasteiger partial charge >= 0.3 is 0 Å². The maximum Gasteiger partial charge on any atom is 0.244 e. The van der Waals surface area contributed by atoms with Gasteiger partial charge in [0.2, 0.25) is 5.91 Å². The predicted molar refractivity (Wildman–Crippen MR) is 93.5 cm³/mol. The predicted octanol–water partition coefficient (Wildman–Crippen LogP) is 3.98. The van der Waals surface area contributed by atoms with Crippen LogP contribution in [0.1, 0.15) is 24.0 Å². The fourth-order valence-corrected chi connectivity index (χ4v) is 2.40. The molecule has 2 aromatic rings. The highest BCUT2D eigenvalue weighted by Crippen LogP contribution is 2.36. The van der Waals surface area contributed by atoms with Crippen molar-refractivity contribution in [2.45, 2.75) is 20.4 Å². The number of aryl methyl sites for hydroxylation is 1. The first-order valence-electron chi connectivity index (χ1n) is 7.55. The smallest absolute Gasteiger partial charge is 0.244 e. The van der Waals surface area contributed by atoms with Crippen molar-refractivity contribution in [1.29, 1.82) is 0 Å². The SMILES string of the molecule is CCOc1c(Cl)cc(CNC(=O)C=Cc2ccc(C)o2)cc1OC. The Balaban J connectivity index is 1.99. The minimum atomic E-state index is -0.229. The molecule has 1 heterocycles. The van der Waals surface area contributed by atoms with Crippen molar-refractivity contribution >= 4 is 23.6 Å². The molecule has 1 aromatic carbocycles. The summed E-state index contributed by atoms with van der Waals surface area (Å²) in [5, 5.41) is 3.23. The fraction of sp³-hybridized carbons (Fsp3) is 0.278. The number of ether oxygens (including phenoxy) is 2. The highest BCUT2D eigenvalue weighted by molar-refractivity contribution is 6.32. The minimum absolute atomic E-state index is 0.229. The highest BCUT2D eigenvalue weighted by Gasteiger charge is 2.11. The Morgan fingerprint density at radius 3 is 2.79 bits per heavy atom. The van der Waals surface area contributed by atoms with Gasteiger partial charge in [0.1, 0.15) is 11.5 Å². The molecule has 24 heavy (non-hydrogen) atoms. The Morgan fingerprint density at radius 1 is 1.38 bits per heavy atom. The van der Waals surface area contributed by atoms with E-state index in [0.717, 1.165) is 11.3 Å². The number of rotatable bonds is 7. The van der Waals surface area contributed by atoms with Crippen LogP contribution in [-0.4, -0.2) is 19.6 Å². The molecule has 0 aliphatic rings. The minimum Gasteiger partial charge on any atom is -0.493 e. The van der Waals surface area contributed by atoms with Gasteiger partial charge in [0.05, 0.1) is 18.7 Å². The molecule has 1 amide bonds. The molecule has 5 nitrogen and oxygen atoms in total. The molecule has 128 valence electrons. The standard InChI is InChI=1S/C18H20ClNO4/c1-4-23-18-15(19)9-13(10-16(18)22-3)11-20-17(21)8-7-14-6-5-12(2)24-14/h5-10H,4,11H2,1-3H3,(H,20,21). The van der Waals surface area contributed by atoms with E-state index >= 15 is 0 Å². The second kappa shape index (κ2) is 8.45. The van der Waals surface area contributed by atoms with E-state index in [1.54, 1.807) is 31.4 Å². The fourth-order valence-electron chi connectivity index (χ4n) is 2.11. The van der Waals surface area contributed by atoms with Gasteiger partial charge in [-0.25, -0.2) is 0 Å². The average molecular weight is 350 g/mol. The van der Waals surface area contributed by atoms with Crippen LogP contribution >= 0.6 is 11.6 Å². The molecule has 6 heteroatoms. The molecule has 0 unspecified atom stereocenters. The van der Waals surface area contributed by atoms with Gasteiger partial charge in [-0.2, -0.15) is 0 Å². The van der Waals surface area contributed by atoms with Gasteiger partial charge in [0.15, 0.2) is 11.5 Å². The van der Waals surface area contributed by atoms with Crippen LogP contribution in [0, 0.1) is 6.92 Å². The highest BCUT2D eigenvalue weighted by atomic mass is 35.5. The summed E-state index contributed by atoms with van der Waals surface area (Å²) < 4.78 is 16.1. The number of amides is 1. The van der Waals surface area contributed by atoms with Crippen molar-refractivity contribution in [3.63, 3.8) is 0 Å². The lowest BCUT2D eigenvalue weighted by Crippen LogP contribution is -2.20. The number of halogens is 1. The van der Waals surface area contributed by atoms with Crippen molar-refractivity contribution in [3.05, 3.63) is 52.4 Å². The summed E-state index contributed by atoms with van der Waals surface area (Å²) in [6, 6.07) is 7.17. The van der Waals surface area contributed by atoms with Gasteiger partial charge in [-0.3, -0.25) is 4.79 Å². The van der Waals surface area contributed by atoms with Crippen LogP contribution in [0.5, 0.6) is 11.5 Å². The summed E-state index contributed by atoms with van der Waals surface area (Å²) >= 11 is 6.21. The molecule has 0 saturated carbocycles. The molecule has 1 aromatic heterocycles.